The van der Waals surface area contributed by atoms with Crippen molar-refractivity contribution >= 4 is 22.1 Å². The van der Waals surface area contributed by atoms with Gasteiger partial charge in [0.05, 0.1) is 5.69 Å². The Morgan fingerprint density at radius 3 is 2.71 bits per heavy atom. The number of hydrogen-bond donors (Lipinski definition) is 2. The molecule has 1 aromatic carbocycles. The van der Waals surface area contributed by atoms with E-state index in [9.17, 15) is 0 Å². The van der Waals surface area contributed by atoms with E-state index >= 15 is 0 Å². The van der Waals surface area contributed by atoms with Crippen LogP contribution in [0.3, 0.4) is 0 Å². The summed E-state index contributed by atoms with van der Waals surface area (Å²) >= 11 is 0. The zero-order chi connectivity index (χ0) is 15.0. The number of nitrogens with two attached hydrogens (primary N) is 1. The topological polar surface area (TPSA) is 68.8 Å². The Kier molecular flexibility index (Phi) is 3.25. The number of nitrogen functional groups attached to an aromatic ring is 1. The second-order valence-electron chi connectivity index (χ2n) is 5.25. The molecule has 0 bridgehead atoms. The zero-order valence-corrected chi connectivity index (χ0v) is 12.5. The molecule has 5 heteroatoms. The molecular formula is C16H19N5. The minimum absolute atomic E-state index is 0.743. The van der Waals surface area contributed by atoms with Crippen LogP contribution in [0.4, 0.5) is 11.4 Å². The van der Waals surface area contributed by atoms with E-state index in [2.05, 4.69) is 22.3 Å². The van der Waals surface area contributed by atoms with Gasteiger partial charge in [0.1, 0.15) is 0 Å². The predicted molar refractivity (Wildman–Crippen MR) is 86.2 cm³/mol. The van der Waals surface area contributed by atoms with Crippen LogP contribution < -0.4 is 11.1 Å². The smallest absolute Gasteiger partial charge is 0.0646 e. The van der Waals surface area contributed by atoms with Crippen molar-refractivity contribution < 1.29 is 0 Å². The van der Waals surface area contributed by atoms with Crippen molar-refractivity contribution in [1.82, 2.24) is 14.8 Å². The minimum atomic E-state index is 0.743. The molecule has 3 aromatic rings. The number of fused-ring (bicyclic) bond motifs is 1. The summed E-state index contributed by atoms with van der Waals surface area (Å²) in [5.41, 5.74) is 11.3. The molecule has 0 unspecified atom stereocenters. The van der Waals surface area contributed by atoms with Crippen LogP contribution in [0.5, 0.6) is 0 Å². The fraction of sp³-hybridized carbons (Fsp3) is 0.250. The third kappa shape index (κ3) is 2.31. The van der Waals surface area contributed by atoms with Crippen molar-refractivity contribution in [3.8, 4) is 0 Å². The number of benzene rings is 1. The molecule has 2 heterocycles. The number of pyridine rings is 1. The molecule has 3 rings (SSSR count). The monoisotopic (exact) mass is 281 g/mol. The van der Waals surface area contributed by atoms with Gasteiger partial charge >= 0.3 is 0 Å². The molecule has 0 radical (unpaired) electrons. The number of anilines is 2. The largest absolute Gasteiger partial charge is 0.398 e. The lowest BCUT2D eigenvalue weighted by molar-refractivity contribution is 0.730. The molecule has 0 aliphatic carbocycles. The number of nitrogens with one attached hydrogen (secondary N) is 1. The normalized spacial score (nSPS) is 11.0. The summed E-state index contributed by atoms with van der Waals surface area (Å²) < 4.78 is 1.91. The average molecular weight is 281 g/mol. The van der Waals surface area contributed by atoms with Gasteiger partial charge in [-0.05, 0) is 32.0 Å². The highest BCUT2D eigenvalue weighted by Gasteiger charge is 2.10. The summed E-state index contributed by atoms with van der Waals surface area (Å²) in [7, 11) is 1.97. The Labute approximate surface area is 123 Å². The first kappa shape index (κ1) is 13.4. The summed E-state index contributed by atoms with van der Waals surface area (Å²) in [4.78, 5) is 4.14. The van der Waals surface area contributed by atoms with Gasteiger partial charge in [0.25, 0.3) is 0 Å². The Morgan fingerprint density at radius 1 is 1.19 bits per heavy atom. The Hall–Kier alpha value is -2.56. The minimum Gasteiger partial charge on any atom is -0.398 e. The molecule has 0 spiro atoms. The number of rotatable bonds is 3. The Morgan fingerprint density at radius 2 is 2.00 bits per heavy atom. The van der Waals surface area contributed by atoms with Crippen LogP contribution in [0.2, 0.25) is 0 Å². The highest BCUT2D eigenvalue weighted by molar-refractivity contribution is 6.00. The van der Waals surface area contributed by atoms with Crippen molar-refractivity contribution in [1.29, 1.82) is 0 Å². The van der Waals surface area contributed by atoms with Crippen molar-refractivity contribution in [3.05, 3.63) is 47.5 Å². The van der Waals surface area contributed by atoms with E-state index < -0.39 is 0 Å². The van der Waals surface area contributed by atoms with E-state index in [0.29, 0.717) is 0 Å². The van der Waals surface area contributed by atoms with Crippen molar-refractivity contribution in [2.75, 3.05) is 11.1 Å². The van der Waals surface area contributed by atoms with Gasteiger partial charge in [-0.1, -0.05) is 0 Å². The Balaban J connectivity index is 1.94. The van der Waals surface area contributed by atoms with Crippen LogP contribution in [0.1, 0.15) is 17.0 Å². The van der Waals surface area contributed by atoms with Gasteiger partial charge in [-0.25, -0.2) is 0 Å². The van der Waals surface area contributed by atoms with E-state index in [1.807, 2.05) is 36.9 Å². The third-order valence-electron chi connectivity index (χ3n) is 3.97. The van der Waals surface area contributed by atoms with Crippen LogP contribution in [0.15, 0.2) is 30.6 Å². The molecule has 0 amide bonds. The van der Waals surface area contributed by atoms with Crippen LogP contribution in [-0.4, -0.2) is 14.8 Å². The van der Waals surface area contributed by atoms with E-state index in [1.54, 1.807) is 12.4 Å². The van der Waals surface area contributed by atoms with Crippen LogP contribution in [-0.2, 0) is 13.6 Å². The molecule has 0 atom stereocenters. The van der Waals surface area contributed by atoms with Gasteiger partial charge in [0, 0.05) is 59.4 Å². The fourth-order valence-corrected chi connectivity index (χ4v) is 2.62. The highest BCUT2D eigenvalue weighted by Crippen LogP contribution is 2.28. The van der Waals surface area contributed by atoms with Gasteiger partial charge in [-0.3, -0.25) is 9.67 Å². The fourth-order valence-electron chi connectivity index (χ4n) is 2.62. The number of aromatic nitrogens is 3. The second-order valence-corrected chi connectivity index (χ2v) is 5.25. The summed E-state index contributed by atoms with van der Waals surface area (Å²) in [5.74, 6) is 0. The predicted octanol–water partition coefficient (Wildman–Crippen LogP) is 2.78. The lowest BCUT2D eigenvalue weighted by Crippen LogP contribution is -2.03. The first-order chi connectivity index (χ1) is 10.1. The van der Waals surface area contributed by atoms with Gasteiger partial charge in [0.15, 0.2) is 0 Å². The summed E-state index contributed by atoms with van der Waals surface area (Å²) in [6.45, 7) is 4.86. The summed E-state index contributed by atoms with van der Waals surface area (Å²) in [5, 5.41) is 10.00. The highest BCUT2D eigenvalue weighted by atomic mass is 15.3. The molecule has 0 aliphatic heterocycles. The third-order valence-corrected chi connectivity index (χ3v) is 3.97. The van der Waals surface area contributed by atoms with Gasteiger partial charge in [-0.15, -0.1) is 0 Å². The quantitative estimate of drug-likeness (QED) is 0.724. The zero-order valence-electron chi connectivity index (χ0n) is 12.5. The van der Waals surface area contributed by atoms with Gasteiger partial charge in [-0.2, -0.15) is 5.10 Å². The molecule has 108 valence electrons. The van der Waals surface area contributed by atoms with Crippen molar-refractivity contribution in [2.45, 2.75) is 20.4 Å². The van der Waals surface area contributed by atoms with Gasteiger partial charge < -0.3 is 11.1 Å². The maximum Gasteiger partial charge on any atom is 0.0646 e. The van der Waals surface area contributed by atoms with Crippen molar-refractivity contribution in [3.63, 3.8) is 0 Å². The molecule has 21 heavy (non-hydrogen) atoms. The molecule has 2 aromatic heterocycles. The molecular weight excluding hydrogens is 262 g/mol. The maximum absolute atomic E-state index is 6.00. The molecule has 5 nitrogen and oxygen atoms in total. The summed E-state index contributed by atoms with van der Waals surface area (Å²) in [6.07, 6.45) is 3.59. The average Bonchev–Trinajstić information content (AvgIpc) is 2.72. The van der Waals surface area contributed by atoms with Crippen LogP contribution in [0, 0.1) is 13.8 Å². The van der Waals surface area contributed by atoms with Crippen LogP contribution in [0.25, 0.3) is 10.8 Å². The SMILES string of the molecule is Cc1nn(C)c(C)c1CNc1ccc(N)c2cnccc12. The number of aryl methyl sites for hydroxylation is 2. The number of hydrogen-bond acceptors (Lipinski definition) is 4. The van der Waals surface area contributed by atoms with E-state index in [0.717, 1.165) is 34.4 Å². The first-order valence-corrected chi connectivity index (χ1v) is 6.93. The molecule has 3 N–H and O–H groups in total. The summed E-state index contributed by atoms with van der Waals surface area (Å²) in [6, 6.07) is 5.91. The van der Waals surface area contributed by atoms with E-state index in [1.165, 1.54) is 11.3 Å². The maximum atomic E-state index is 6.00. The van der Waals surface area contributed by atoms with Gasteiger partial charge in [0.2, 0.25) is 0 Å². The molecule has 0 saturated heterocycles. The second kappa shape index (κ2) is 5.09. The van der Waals surface area contributed by atoms with Crippen LogP contribution >= 0.6 is 0 Å². The lowest BCUT2D eigenvalue weighted by atomic mass is 10.1. The molecule has 0 aliphatic rings. The standard InChI is InChI=1S/C16H19N5/c1-10-13(11(2)21(3)20-10)9-19-16-5-4-15(17)14-8-18-7-6-12(14)16/h4-8,19H,9,17H2,1-3H3. The lowest BCUT2D eigenvalue weighted by Gasteiger charge is -2.11. The molecule has 0 fully saturated rings. The molecule has 0 saturated carbocycles. The number of nitrogens with zero attached hydrogens (tertiary/aromatic N) is 3. The van der Waals surface area contributed by atoms with Crippen molar-refractivity contribution in [2.24, 2.45) is 7.05 Å². The first-order valence-electron chi connectivity index (χ1n) is 6.93. The van der Waals surface area contributed by atoms with E-state index in [-0.39, 0.29) is 0 Å². The Bertz CT molecular complexity index is 804. The van der Waals surface area contributed by atoms with E-state index in [4.69, 9.17) is 5.73 Å².